The molecule has 1 aliphatic rings. The van der Waals surface area contributed by atoms with Crippen LogP contribution in [-0.4, -0.2) is 33.0 Å². The quantitative estimate of drug-likeness (QED) is 0.861. The molecular weight excluding hydrogens is 234 g/mol. The molecule has 1 saturated heterocycles. The molecule has 1 fully saturated rings. The van der Waals surface area contributed by atoms with Crippen molar-refractivity contribution in [3.8, 4) is 0 Å². The maximum absolute atomic E-state index is 12.2. The number of nitrogens with one attached hydrogen (secondary N) is 2. The van der Waals surface area contributed by atoms with E-state index in [1.54, 1.807) is 0 Å². The first kappa shape index (κ1) is 10.9. The lowest BCUT2D eigenvalue weighted by Gasteiger charge is -2.05. The van der Waals surface area contributed by atoms with Gasteiger partial charge in [-0.3, -0.25) is 4.21 Å². The highest BCUT2D eigenvalue weighted by Crippen LogP contribution is 2.16. The first-order chi connectivity index (χ1) is 8.33. The van der Waals surface area contributed by atoms with Crippen molar-refractivity contribution >= 4 is 21.8 Å². The van der Waals surface area contributed by atoms with Crippen LogP contribution in [0.5, 0.6) is 0 Å². The molecule has 2 aromatic rings. The zero-order valence-electron chi connectivity index (χ0n) is 9.48. The number of para-hydroxylation sites is 2. The summed E-state index contributed by atoms with van der Waals surface area (Å²) in [5, 5.41) is 3.90. The Labute approximate surface area is 102 Å². The number of aromatic nitrogens is 2. The zero-order chi connectivity index (χ0) is 11.7. The number of rotatable bonds is 3. The minimum Gasteiger partial charge on any atom is -0.331 e. The Hall–Kier alpha value is -1.20. The van der Waals surface area contributed by atoms with Gasteiger partial charge in [0.05, 0.1) is 21.8 Å². The summed E-state index contributed by atoms with van der Waals surface area (Å²) < 4.78 is 12.2. The van der Waals surface area contributed by atoms with E-state index < -0.39 is 10.8 Å². The third-order valence-electron chi connectivity index (χ3n) is 3.13. The molecule has 3 rings (SSSR count). The van der Waals surface area contributed by atoms with Gasteiger partial charge in [-0.25, -0.2) is 4.98 Å². The summed E-state index contributed by atoms with van der Waals surface area (Å²) >= 11 is 0. The summed E-state index contributed by atoms with van der Waals surface area (Å²) in [6.45, 7) is 2.02. The zero-order valence-corrected chi connectivity index (χ0v) is 10.3. The maximum atomic E-state index is 12.2. The predicted molar refractivity (Wildman–Crippen MR) is 68.3 cm³/mol. The van der Waals surface area contributed by atoms with E-state index in [1.807, 2.05) is 24.3 Å². The van der Waals surface area contributed by atoms with E-state index >= 15 is 0 Å². The number of fused-ring (bicyclic) bond motifs is 1. The Morgan fingerprint density at radius 1 is 1.41 bits per heavy atom. The summed E-state index contributed by atoms with van der Waals surface area (Å²) in [6, 6.07) is 7.79. The Bertz CT molecular complexity index is 512. The van der Waals surface area contributed by atoms with Gasteiger partial charge in [0.25, 0.3) is 0 Å². The van der Waals surface area contributed by atoms with Crippen molar-refractivity contribution < 1.29 is 4.21 Å². The van der Waals surface area contributed by atoms with E-state index in [9.17, 15) is 4.21 Å². The molecule has 4 nitrogen and oxygen atoms in total. The van der Waals surface area contributed by atoms with Gasteiger partial charge in [0, 0.05) is 5.75 Å². The van der Waals surface area contributed by atoms with E-state index in [4.69, 9.17) is 0 Å². The second-order valence-electron chi connectivity index (χ2n) is 4.43. The van der Waals surface area contributed by atoms with Crippen LogP contribution in [-0.2, 0) is 10.8 Å². The summed E-state index contributed by atoms with van der Waals surface area (Å²) in [6.07, 6.45) is 1.12. The van der Waals surface area contributed by atoms with Crippen molar-refractivity contribution in [2.45, 2.75) is 11.6 Å². The van der Waals surface area contributed by atoms with Gasteiger partial charge in [-0.1, -0.05) is 12.1 Å². The van der Waals surface area contributed by atoms with Crippen molar-refractivity contribution in [1.82, 2.24) is 15.3 Å². The molecule has 0 radical (unpaired) electrons. The molecule has 2 atom stereocenters. The molecule has 17 heavy (non-hydrogen) atoms. The first-order valence-electron chi connectivity index (χ1n) is 5.87. The fourth-order valence-electron chi connectivity index (χ4n) is 2.19. The molecule has 2 N–H and O–H groups in total. The van der Waals surface area contributed by atoms with Gasteiger partial charge in [0.2, 0.25) is 0 Å². The number of hydrogen-bond donors (Lipinski definition) is 2. The normalized spacial score (nSPS) is 22.0. The maximum Gasteiger partial charge on any atom is 0.197 e. The Morgan fingerprint density at radius 2 is 2.29 bits per heavy atom. The van der Waals surface area contributed by atoms with E-state index in [1.165, 1.54) is 0 Å². The van der Waals surface area contributed by atoms with Crippen LogP contribution >= 0.6 is 0 Å². The molecule has 0 amide bonds. The monoisotopic (exact) mass is 249 g/mol. The van der Waals surface area contributed by atoms with Gasteiger partial charge in [-0.15, -0.1) is 0 Å². The molecule has 0 spiro atoms. The molecular formula is C12H15N3OS. The average Bonchev–Trinajstić information content (AvgIpc) is 2.96. The first-order valence-corrected chi connectivity index (χ1v) is 7.18. The number of imidazole rings is 1. The van der Waals surface area contributed by atoms with E-state index in [0.29, 0.717) is 16.8 Å². The molecule has 5 heteroatoms. The topological polar surface area (TPSA) is 57.8 Å². The van der Waals surface area contributed by atoms with Gasteiger partial charge in [-0.05, 0) is 37.6 Å². The molecule has 0 saturated carbocycles. The van der Waals surface area contributed by atoms with Crippen molar-refractivity contribution in [2.24, 2.45) is 5.92 Å². The minimum absolute atomic E-state index is 0.518. The van der Waals surface area contributed by atoms with Crippen LogP contribution in [0, 0.1) is 5.92 Å². The smallest absolute Gasteiger partial charge is 0.197 e. The third-order valence-corrected chi connectivity index (χ3v) is 4.53. The molecule has 90 valence electrons. The van der Waals surface area contributed by atoms with Crippen molar-refractivity contribution in [1.29, 1.82) is 0 Å². The van der Waals surface area contributed by atoms with Crippen molar-refractivity contribution in [3.63, 3.8) is 0 Å². The van der Waals surface area contributed by atoms with Crippen LogP contribution in [0.1, 0.15) is 6.42 Å². The number of H-pyrrole nitrogens is 1. The summed E-state index contributed by atoms with van der Waals surface area (Å²) in [5.41, 5.74) is 1.85. The lowest BCUT2D eigenvalue weighted by Crippen LogP contribution is -2.15. The molecule has 0 bridgehead atoms. The largest absolute Gasteiger partial charge is 0.331 e. The summed E-state index contributed by atoms with van der Waals surface area (Å²) in [7, 11) is -1.01. The SMILES string of the molecule is O=[S@@](C[C@H]1CCNC1)c1nc2ccccc2[nH]1. The average molecular weight is 249 g/mol. The van der Waals surface area contributed by atoms with Crippen molar-refractivity contribution in [2.75, 3.05) is 18.8 Å². The van der Waals surface area contributed by atoms with Gasteiger partial charge in [0.15, 0.2) is 5.16 Å². The lowest BCUT2D eigenvalue weighted by molar-refractivity contribution is 0.629. The molecule has 1 aromatic carbocycles. The minimum atomic E-state index is -1.01. The number of hydrogen-bond acceptors (Lipinski definition) is 3. The van der Waals surface area contributed by atoms with Gasteiger partial charge in [-0.2, -0.15) is 0 Å². The predicted octanol–water partition coefficient (Wildman–Crippen LogP) is 1.28. The molecule has 2 heterocycles. The fourth-order valence-corrected chi connectivity index (χ4v) is 3.48. The highest BCUT2D eigenvalue weighted by atomic mass is 32.2. The van der Waals surface area contributed by atoms with Crippen LogP contribution in [0.15, 0.2) is 29.4 Å². The van der Waals surface area contributed by atoms with Gasteiger partial charge >= 0.3 is 0 Å². The van der Waals surface area contributed by atoms with Crippen LogP contribution in [0.3, 0.4) is 0 Å². The molecule has 1 aromatic heterocycles. The van der Waals surface area contributed by atoms with Crippen LogP contribution in [0.4, 0.5) is 0 Å². The highest BCUT2D eigenvalue weighted by Gasteiger charge is 2.19. The molecule has 0 aliphatic carbocycles. The molecule has 0 unspecified atom stereocenters. The molecule has 1 aliphatic heterocycles. The van der Waals surface area contributed by atoms with E-state index in [0.717, 1.165) is 30.5 Å². The van der Waals surface area contributed by atoms with Gasteiger partial charge < -0.3 is 10.3 Å². The van der Waals surface area contributed by atoms with E-state index in [-0.39, 0.29) is 0 Å². The Kier molecular flexibility index (Phi) is 2.94. The van der Waals surface area contributed by atoms with Crippen LogP contribution in [0.25, 0.3) is 11.0 Å². The summed E-state index contributed by atoms with van der Waals surface area (Å²) in [4.78, 5) is 7.52. The van der Waals surface area contributed by atoms with Gasteiger partial charge in [0.1, 0.15) is 0 Å². The number of benzene rings is 1. The standard InChI is InChI=1S/C12H15N3OS/c16-17(8-9-5-6-13-7-9)12-14-10-3-1-2-4-11(10)15-12/h1-4,9,13H,5-8H2,(H,14,15)/t9-,17-/m0/s1. The fraction of sp³-hybridized carbons (Fsp3) is 0.417. The number of nitrogens with zero attached hydrogens (tertiary/aromatic N) is 1. The van der Waals surface area contributed by atoms with Crippen LogP contribution in [0.2, 0.25) is 0 Å². The van der Waals surface area contributed by atoms with Crippen molar-refractivity contribution in [3.05, 3.63) is 24.3 Å². The second-order valence-corrected chi connectivity index (χ2v) is 5.84. The Balaban J connectivity index is 1.80. The number of aromatic amines is 1. The second kappa shape index (κ2) is 4.58. The highest BCUT2D eigenvalue weighted by molar-refractivity contribution is 7.84. The van der Waals surface area contributed by atoms with E-state index in [2.05, 4.69) is 15.3 Å². The van der Waals surface area contributed by atoms with Crippen LogP contribution < -0.4 is 5.32 Å². The third kappa shape index (κ3) is 2.25. The summed E-state index contributed by atoms with van der Waals surface area (Å²) in [5.74, 6) is 1.22. The lowest BCUT2D eigenvalue weighted by atomic mass is 10.2. The Morgan fingerprint density at radius 3 is 3.06 bits per heavy atom.